The minimum absolute atomic E-state index is 0.102. The Kier molecular flexibility index (Phi) is 3.80. The maximum absolute atomic E-state index is 14.1. The van der Waals surface area contributed by atoms with Gasteiger partial charge < -0.3 is 9.84 Å². The van der Waals surface area contributed by atoms with Crippen molar-refractivity contribution in [2.45, 2.75) is 19.0 Å². The summed E-state index contributed by atoms with van der Waals surface area (Å²) in [5.74, 6) is -0.639. The first-order valence-corrected chi connectivity index (χ1v) is 8.62. The molecule has 0 spiro atoms. The number of aromatic nitrogens is 2. The highest BCUT2D eigenvalue weighted by Crippen LogP contribution is 2.31. The molecule has 3 amide bonds. The fourth-order valence-electron chi connectivity index (χ4n) is 2.85. The highest BCUT2D eigenvalue weighted by molar-refractivity contribution is 7.13. The number of hydrogen-bond donors (Lipinski definition) is 1. The number of amides is 3. The summed E-state index contributed by atoms with van der Waals surface area (Å²) in [5.41, 5.74) is -1.38. The Morgan fingerprint density at radius 1 is 1.27 bits per heavy atom. The highest BCUT2D eigenvalue weighted by atomic mass is 32.1. The molecule has 1 N–H and O–H groups in total. The van der Waals surface area contributed by atoms with Crippen LogP contribution >= 0.6 is 11.3 Å². The third kappa shape index (κ3) is 2.57. The predicted molar refractivity (Wildman–Crippen MR) is 90.4 cm³/mol. The molecule has 1 unspecified atom stereocenters. The fraction of sp³-hybridized carbons (Fsp3) is 0.176. The monoisotopic (exact) mass is 372 g/mol. The molecule has 132 valence electrons. The lowest BCUT2D eigenvalue weighted by Crippen LogP contribution is -2.41. The van der Waals surface area contributed by atoms with E-state index in [-0.39, 0.29) is 18.0 Å². The molecular formula is C17H13FN4O3S. The van der Waals surface area contributed by atoms with Crippen LogP contribution in [0.4, 0.5) is 9.18 Å². The molecule has 1 aromatic carbocycles. The van der Waals surface area contributed by atoms with Crippen molar-refractivity contribution in [2.75, 3.05) is 0 Å². The maximum Gasteiger partial charge on any atom is 0.325 e. The van der Waals surface area contributed by atoms with Crippen LogP contribution in [0.25, 0.3) is 10.7 Å². The topological polar surface area (TPSA) is 88.3 Å². The van der Waals surface area contributed by atoms with Crippen molar-refractivity contribution in [3.8, 4) is 10.7 Å². The Hall–Kier alpha value is -3.07. The smallest absolute Gasteiger partial charge is 0.325 e. The van der Waals surface area contributed by atoms with Gasteiger partial charge in [-0.15, -0.1) is 11.3 Å². The van der Waals surface area contributed by atoms with E-state index in [1.165, 1.54) is 36.5 Å². The van der Waals surface area contributed by atoms with Crippen LogP contribution in [0.3, 0.4) is 0 Å². The van der Waals surface area contributed by atoms with Crippen LogP contribution in [0.1, 0.15) is 18.4 Å². The molecule has 9 heteroatoms. The molecule has 1 aliphatic heterocycles. The predicted octanol–water partition coefficient (Wildman–Crippen LogP) is 2.90. The molecule has 2 aromatic heterocycles. The number of benzene rings is 1. The van der Waals surface area contributed by atoms with Gasteiger partial charge in [-0.1, -0.05) is 29.4 Å². The average molecular weight is 372 g/mol. The standard InChI is InChI=1S/C17H13FN4O3S/c1-17(10-5-2-3-6-11(10)18)15(23)22(16(24)20-17)9-13-19-14(21-25-13)12-7-4-8-26-12/h2-8H,9H2,1H3,(H,20,24). The Balaban J connectivity index is 1.60. The summed E-state index contributed by atoms with van der Waals surface area (Å²) in [6.07, 6.45) is 0. The number of carbonyl (C=O) groups excluding carboxylic acids is 2. The number of rotatable bonds is 4. The number of nitrogens with one attached hydrogen (secondary N) is 1. The molecule has 1 fully saturated rings. The van der Waals surface area contributed by atoms with Crippen molar-refractivity contribution in [1.29, 1.82) is 0 Å². The van der Waals surface area contributed by atoms with Gasteiger partial charge in [0.15, 0.2) is 0 Å². The summed E-state index contributed by atoms with van der Waals surface area (Å²) in [6, 6.07) is 8.89. The lowest BCUT2D eigenvalue weighted by molar-refractivity contribution is -0.131. The molecular weight excluding hydrogens is 359 g/mol. The summed E-state index contributed by atoms with van der Waals surface area (Å²) in [4.78, 5) is 31.1. The second kappa shape index (κ2) is 6.03. The van der Waals surface area contributed by atoms with Crippen LogP contribution in [-0.4, -0.2) is 27.0 Å². The summed E-state index contributed by atoms with van der Waals surface area (Å²) >= 11 is 1.45. The fourth-order valence-corrected chi connectivity index (χ4v) is 3.50. The lowest BCUT2D eigenvalue weighted by Gasteiger charge is -2.22. The average Bonchev–Trinajstić information content (AvgIpc) is 3.33. The van der Waals surface area contributed by atoms with Gasteiger partial charge in [0.05, 0.1) is 4.88 Å². The summed E-state index contributed by atoms with van der Waals surface area (Å²) in [6.45, 7) is 1.28. The van der Waals surface area contributed by atoms with E-state index in [9.17, 15) is 14.0 Å². The van der Waals surface area contributed by atoms with Crippen LogP contribution in [0.2, 0.25) is 0 Å². The van der Waals surface area contributed by atoms with E-state index in [2.05, 4.69) is 15.5 Å². The molecule has 7 nitrogen and oxygen atoms in total. The molecule has 4 rings (SSSR count). The van der Waals surface area contributed by atoms with E-state index in [4.69, 9.17) is 4.52 Å². The van der Waals surface area contributed by atoms with Crippen molar-refractivity contribution in [2.24, 2.45) is 0 Å². The molecule has 0 radical (unpaired) electrons. The SMILES string of the molecule is CC1(c2ccccc2F)NC(=O)N(Cc2nc(-c3cccs3)no2)C1=O. The van der Waals surface area contributed by atoms with Gasteiger partial charge >= 0.3 is 6.03 Å². The van der Waals surface area contributed by atoms with E-state index >= 15 is 0 Å². The van der Waals surface area contributed by atoms with Crippen LogP contribution in [-0.2, 0) is 16.9 Å². The van der Waals surface area contributed by atoms with Gasteiger partial charge in [0.1, 0.15) is 17.9 Å². The lowest BCUT2D eigenvalue weighted by atomic mass is 9.91. The maximum atomic E-state index is 14.1. The molecule has 0 aliphatic carbocycles. The first-order chi connectivity index (χ1) is 12.5. The third-order valence-corrected chi connectivity index (χ3v) is 5.06. The molecule has 0 saturated carbocycles. The summed E-state index contributed by atoms with van der Waals surface area (Å²) in [7, 11) is 0. The quantitative estimate of drug-likeness (QED) is 0.712. The van der Waals surface area contributed by atoms with Crippen LogP contribution in [0.5, 0.6) is 0 Å². The van der Waals surface area contributed by atoms with E-state index in [0.717, 1.165) is 9.78 Å². The number of halogens is 1. The van der Waals surface area contributed by atoms with E-state index in [1.54, 1.807) is 6.07 Å². The van der Waals surface area contributed by atoms with Crippen molar-refractivity contribution < 1.29 is 18.5 Å². The van der Waals surface area contributed by atoms with Gasteiger partial charge in [-0.05, 0) is 24.4 Å². The number of hydrogen-bond acceptors (Lipinski definition) is 6. The van der Waals surface area contributed by atoms with Crippen LogP contribution in [0.15, 0.2) is 46.3 Å². The molecule has 3 aromatic rings. The van der Waals surface area contributed by atoms with E-state index < -0.39 is 23.3 Å². The van der Waals surface area contributed by atoms with Gasteiger partial charge in [-0.25, -0.2) is 9.18 Å². The van der Waals surface area contributed by atoms with Crippen LogP contribution < -0.4 is 5.32 Å². The molecule has 1 aliphatic rings. The Labute approximate surface area is 151 Å². The van der Waals surface area contributed by atoms with Crippen molar-refractivity contribution in [3.63, 3.8) is 0 Å². The van der Waals surface area contributed by atoms with E-state index in [1.807, 2.05) is 17.5 Å². The largest absolute Gasteiger partial charge is 0.337 e. The zero-order valence-electron chi connectivity index (χ0n) is 13.6. The summed E-state index contributed by atoms with van der Waals surface area (Å²) in [5, 5.41) is 8.28. The first-order valence-electron chi connectivity index (χ1n) is 7.74. The van der Waals surface area contributed by atoms with Gasteiger partial charge in [0, 0.05) is 5.56 Å². The molecule has 26 heavy (non-hydrogen) atoms. The first kappa shape index (κ1) is 16.4. The number of carbonyl (C=O) groups is 2. The number of nitrogens with zero attached hydrogens (tertiary/aromatic N) is 3. The van der Waals surface area contributed by atoms with Gasteiger partial charge in [-0.2, -0.15) is 4.98 Å². The van der Waals surface area contributed by atoms with E-state index in [0.29, 0.717) is 5.82 Å². The van der Waals surface area contributed by atoms with Gasteiger partial charge in [0.25, 0.3) is 5.91 Å². The van der Waals surface area contributed by atoms with Gasteiger partial charge in [-0.3, -0.25) is 9.69 Å². The number of urea groups is 1. The second-order valence-corrected chi connectivity index (χ2v) is 6.86. The molecule has 3 heterocycles. The summed E-state index contributed by atoms with van der Waals surface area (Å²) < 4.78 is 19.3. The minimum Gasteiger partial charge on any atom is -0.337 e. The van der Waals surface area contributed by atoms with Crippen molar-refractivity contribution >= 4 is 23.3 Å². The van der Waals surface area contributed by atoms with Crippen molar-refractivity contribution in [1.82, 2.24) is 20.4 Å². The normalized spacial score (nSPS) is 19.8. The zero-order valence-corrected chi connectivity index (χ0v) is 14.4. The Morgan fingerprint density at radius 2 is 2.08 bits per heavy atom. The second-order valence-electron chi connectivity index (χ2n) is 5.92. The van der Waals surface area contributed by atoms with Gasteiger partial charge in [0.2, 0.25) is 11.7 Å². The zero-order chi connectivity index (χ0) is 18.3. The number of thiophene rings is 1. The Morgan fingerprint density at radius 3 is 2.81 bits per heavy atom. The third-order valence-electron chi connectivity index (χ3n) is 4.19. The highest BCUT2D eigenvalue weighted by Gasteiger charge is 2.50. The molecule has 1 saturated heterocycles. The Bertz CT molecular complexity index is 988. The molecule has 0 bridgehead atoms. The molecule has 1 atom stereocenters. The van der Waals surface area contributed by atoms with Crippen molar-refractivity contribution in [3.05, 3.63) is 59.0 Å². The van der Waals surface area contributed by atoms with Crippen LogP contribution in [0, 0.1) is 5.82 Å². The number of imide groups is 1. The minimum atomic E-state index is -1.49.